The van der Waals surface area contributed by atoms with Crippen LogP contribution in [0, 0.1) is 12.7 Å². The van der Waals surface area contributed by atoms with Crippen LogP contribution in [-0.4, -0.2) is 5.11 Å². The van der Waals surface area contributed by atoms with Gasteiger partial charge in [-0.25, -0.2) is 4.39 Å². The Morgan fingerprint density at radius 3 is 2.73 bits per heavy atom. The normalized spacial score (nSPS) is 10.1. The van der Waals surface area contributed by atoms with Crippen LogP contribution in [0.3, 0.4) is 0 Å². The number of aliphatic hydroxyl groups excluding tert-OH is 1. The largest absolute Gasteiger partial charge is 0.398 e. The van der Waals surface area contributed by atoms with Gasteiger partial charge in [-0.15, -0.1) is 0 Å². The lowest BCUT2D eigenvalue weighted by Crippen LogP contribution is -1.97. The molecule has 0 atom stereocenters. The third-order valence-corrected chi connectivity index (χ3v) is 1.68. The van der Waals surface area contributed by atoms with Crippen molar-refractivity contribution in [3.8, 4) is 0 Å². The summed E-state index contributed by atoms with van der Waals surface area (Å²) >= 11 is 0. The number of hydrogen-bond acceptors (Lipinski definition) is 2. The Kier molecular flexibility index (Phi) is 2.10. The first kappa shape index (κ1) is 8.01. The Hall–Kier alpha value is -1.09. The van der Waals surface area contributed by atoms with Crippen molar-refractivity contribution in [2.45, 2.75) is 13.5 Å². The Morgan fingerprint density at radius 1 is 1.55 bits per heavy atom. The summed E-state index contributed by atoms with van der Waals surface area (Å²) in [7, 11) is 0. The second-order valence-electron chi connectivity index (χ2n) is 2.41. The van der Waals surface area contributed by atoms with E-state index in [9.17, 15) is 4.39 Å². The van der Waals surface area contributed by atoms with E-state index in [1.807, 2.05) is 0 Å². The van der Waals surface area contributed by atoms with Crippen molar-refractivity contribution < 1.29 is 9.50 Å². The molecule has 0 bridgehead atoms. The summed E-state index contributed by atoms with van der Waals surface area (Å²) in [5.74, 6) is -0.410. The molecule has 0 amide bonds. The standard InChI is InChI=1S/C8H10FNO/c1-5-7(10)3-2-6(4-11)8(5)9/h2-3,11H,4,10H2,1H3. The summed E-state index contributed by atoms with van der Waals surface area (Å²) in [5, 5.41) is 8.65. The van der Waals surface area contributed by atoms with Crippen molar-refractivity contribution in [2.24, 2.45) is 0 Å². The Morgan fingerprint density at radius 2 is 2.18 bits per heavy atom. The molecule has 1 aromatic carbocycles. The predicted octanol–water partition coefficient (Wildman–Crippen LogP) is 1.21. The predicted molar refractivity (Wildman–Crippen MR) is 41.5 cm³/mol. The quantitative estimate of drug-likeness (QED) is 0.599. The molecule has 0 spiro atoms. The molecular weight excluding hydrogens is 145 g/mol. The molecule has 0 aromatic heterocycles. The van der Waals surface area contributed by atoms with E-state index in [4.69, 9.17) is 10.8 Å². The lowest BCUT2D eigenvalue weighted by molar-refractivity contribution is 0.275. The summed E-state index contributed by atoms with van der Waals surface area (Å²) in [4.78, 5) is 0. The second-order valence-corrected chi connectivity index (χ2v) is 2.41. The first-order valence-electron chi connectivity index (χ1n) is 3.31. The molecule has 0 fully saturated rings. The van der Waals surface area contributed by atoms with Gasteiger partial charge in [0.15, 0.2) is 0 Å². The Labute approximate surface area is 64.5 Å². The zero-order chi connectivity index (χ0) is 8.43. The molecule has 1 aromatic rings. The van der Waals surface area contributed by atoms with Crippen LogP contribution >= 0.6 is 0 Å². The minimum atomic E-state index is -0.410. The number of rotatable bonds is 1. The van der Waals surface area contributed by atoms with Gasteiger partial charge in [-0.3, -0.25) is 0 Å². The van der Waals surface area contributed by atoms with Crippen LogP contribution in [0.5, 0.6) is 0 Å². The first-order chi connectivity index (χ1) is 5.16. The maximum absolute atomic E-state index is 13.0. The Balaban J connectivity index is 3.25. The van der Waals surface area contributed by atoms with Crippen molar-refractivity contribution in [3.63, 3.8) is 0 Å². The summed E-state index contributed by atoms with van der Waals surface area (Å²) < 4.78 is 13.0. The molecule has 0 saturated heterocycles. The molecule has 3 heteroatoms. The number of halogens is 1. The van der Waals surface area contributed by atoms with Crippen LogP contribution in [0.4, 0.5) is 10.1 Å². The lowest BCUT2D eigenvalue weighted by atomic mass is 10.1. The van der Waals surface area contributed by atoms with E-state index in [0.29, 0.717) is 11.3 Å². The van der Waals surface area contributed by atoms with Crippen LogP contribution in [0.1, 0.15) is 11.1 Å². The van der Waals surface area contributed by atoms with E-state index < -0.39 is 5.82 Å². The summed E-state index contributed by atoms with van der Waals surface area (Å²) in [6.45, 7) is 1.30. The van der Waals surface area contributed by atoms with Crippen LogP contribution in [-0.2, 0) is 6.61 Å². The third kappa shape index (κ3) is 1.33. The molecule has 0 radical (unpaired) electrons. The zero-order valence-electron chi connectivity index (χ0n) is 6.26. The molecule has 0 aliphatic heterocycles. The molecule has 3 N–H and O–H groups in total. The van der Waals surface area contributed by atoms with Gasteiger partial charge in [0, 0.05) is 16.8 Å². The fourth-order valence-electron chi connectivity index (χ4n) is 0.878. The molecule has 0 heterocycles. The van der Waals surface area contributed by atoms with Crippen molar-refractivity contribution in [1.29, 1.82) is 0 Å². The van der Waals surface area contributed by atoms with E-state index >= 15 is 0 Å². The monoisotopic (exact) mass is 155 g/mol. The van der Waals surface area contributed by atoms with Gasteiger partial charge in [0.25, 0.3) is 0 Å². The van der Waals surface area contributed by atoms with E-state index in [1.165, 1.54) is 6.07 Å². The van der Waals surface area contributed by atoms with Gasteiger partial charge < -0.3 is 10.8 Å². The Bertz CT molecular complexity index is 273. The van der Waals surface area contributed by atoms with Crippen LogP contribution in [0.2, 0.25) is 0 Å². The average molecular weight is 155 g/mol. The van der Waals surface area contributed by atoms with Crippen molar-refractivity contribution in [3.05, 3.63) is 29.1 Å². The zero-order valence-corrected chi connectivity index (χ0v) is 6.26. The molecule has 60 valence electrons. The van der Waals surface area contributed by atoms with E-state index in [0.717, 1.165) is 0 Å². The second kappa shape index (κ2) is 2.88. The lowest BCUT2D eigenvalue weighted by Gasteiger charge is -2.04. The fourth-order valence-corrected chi connectivity index (χ4v) is 0.878. The molecule has 0 aliphatic carbocycles. The highest BCUT2D eigenvalue weighted by molar-refractivity contribution is 5.48. The smallest absolute Gasteiger partial charge is 0.133 e. The van der Waals surface area contributed by atoms with Gasteiger partial charge in [-0.05, 0) is 13.0 Å². The van der Waals surface area contributed by atoms with Gasteiger partial charge in [0.05, 0.1) is 6.61 Å². The first-order valence-corrected chi connectivity index (χ1v) is 3.31. The topological polar surface area (TPSA) is 46.2 Å². The van der Waals surface area contributed by atoms with E-state index in [1.54, 1.807) is 13.0 Å². The van der Waals surface area contributed by atoms with Crippen molar-refractivity contribution >= 4 is 5.69 Å². The number of anilines is 1. The maximum Gasteiger partial charge on any atom is 0.133 e. The SMILES string of the molecule is Cc1c(N)ccc(CO)c1F. The number of hydrogen-bond donors (Lipinski definition) is 2. The van der Waals surface area contributed by atoms with Crippen LogP contribution in [0.15, 0.2) is 12.1 Å². The van der Waals surface area contributed by atoms with Gasteiger partial charge in [-0.1, -0.05) is 6.07 Å². The van der Waals surface area contributed by atoms with Gasteiger partial charge >= 0.3 is 0 Å². The van der Waals surface area contributed by atoms with E-state index in [2.05, 4.69) is 0 Å². The highest BCUT2D eigenvalue weighted by Gasteiger charge is 2.05. The number of nitrogens with two attached hydrogens (primary N) is 1. The van der Waals surface area contributed by atoms with Gasteiger partial charge in [-0.2, -0.15) is 0 Å². The molecule has 2 nitrogen and oxygen atoms in total. The fraction of sp³-hybridized carbons (Fsp3) is 0.250. The van der Waals surface area contributed by atoms with Crippen LogP contribution < -0.4 is 5.73 Å². The van der Waals surface area contributed by atoms with Crippen LogP contribution in [0.25, 0.3) is 0 Å². The minimum Gasteiger partial charge on any atom is -0.398 e. The summed E-state index contributed by atoms with van der Waals surface area (Å²) in [6.07, 6.45) is 0. The summed E-state index contributed by atoms with van der Waals surface area (Å²) in [6, 6.07) is 3.07. The van der Waals surface area contributed by atoms with Gasteiger partial charge in [0.2, 0.25) is 0 Å². The number of nitrogen functional groups attached to an aromatic ring is 1. The molecule has 0 saturated carbocycles. The highest BCUT2D eigenvalue weighted by Crippen LogP contribution is 2.18. The minimum absolute atomic E-state index is 0.285. The molecular formula is C8H10FNO. The summed E-state index contributed by atoms with van der Waals surface area (Å²) in [5.41, 5.74) is 6.53. The third-order valence-electron chi connectivity index (χ3n) is 1.68. The number of aliphatic hydroxyl groups is 1. The number of benzene rings is 1. The maximum atomic E-state index is 13.0. The molecule has 11 heavy (non-hydrogen) atoms. The van der Waals surface area contributed by atoms with Crippen molar-refractivity contribution in [1.82, 2.24) is 0 Å². The molecule has 0 aliphatic rings. The highest BCUT2D eigenvalue weighted by atomic mass is 19.1. The van der Waals surface area contributed by atoms with E-state index in [-0.39, 0.29) is 12.2 Å². The molecule has 1 rings (SSSR count). The van der Waals surface area contributed by atoms with Crippen molar-refractivity contribution in [2.75, 3.05) is 5.73 Å². The molecule has 0 unspecified atom stereocenters. The average Bonchev–Trinajstić information content (AvgIpc) is 2.01. The van der Waals surface area contributed by atoms with Gasteiger partial charge in [0.1, 0.15) is 5.82 Å².